The molecule has 3 fully saturated rings. The molecule has 3 amide bonds. The molecule has 5 N–H and O–H groups in total. The van der Waals surface area contributed by atoms with Gasteiger partial charge in [0.25, 0.3) is 0 Å². The van der Waals surface area contributed by atoms with E-state index < -0.39 is 52.7 Å². The van der Waals surface area contributed by atoms with Crippen LogP contribution in [0.4, 0.5) is 10.1 Å². The van der Waals surface area contributed by atoms with Gasteiger partial charge in [-0.1, -0.05) is 37.0 Å². The molecular formula is C30H34Cl2FN5O4. The molecule has 1 saturated carbocycles. The number of aromatic nitrogens is 1. The van der Waals surface area contributed by atoms with Crippen LogP contribution in [0.15, 0.2) is 30.5 Å². The van der Waals surface area contributed by atoms with Crippen LogP contribution in [0.3, 0.4) is 0 Å². The fourth-order valence-electron chi connectivity index (χ4n) is 7.70. The van der Waals surface area contributed by atoms with Crippen LogP contribution in [-0.4, -0.2) is 53.0 Å². The molecule has 1 aromatic heterocycles. The molecule has 42 heavy (non-hydrogen) atoms. The van der Waals surface area contributed by atoms with Crippen molar-refractivity contribution in [2.24, 2.45) is 11.1 Å². The zero-order valence-corrected chi connectivity index (χ0v) is 24.9. The molecule has 1 aliphatic carbocycles. The molecule has 2 aromatic rings. The maximum Gasteiger partial charge on any atom is 0.246 e. The molecular weight excluding hydrogens is 584 g/mol. The first kappa shape index (κ1) is 29.3. The number of hydrogen-bond acceptors (Lipinski definition) is 6. The van der Waals surface area contributed by atoms with Gasteiger partial charge in [-0.3, -0.25) is 19.7 Å². The van der Waals surface area contributed by atoms with Gasteiger partial charge in [0.2, 0.25) is 17.7 Å². The lowest BCUT2D eigenvalue weighted by Gasteiger charge is -2.50. The number of fused-ring (bicyclic) bond motifs is 3. The summed E-state index contributed by atoms with van der Waals surface area (Å²) in [6, 6.07) is 5.30. The Labute approximate surface area is 253 Å². The van der Waals surface area contributed by atoms with Crippen LogP contribution < -0.4 is 21.7 Å². The van der Waals surface area contributed by atoms with Crippen LogP contribution in [-0.2, 0) is 24.5 Å². The lowest BCUT2D eigenvalue weighted by Crippen LogP contribution is -2.61. The molecule has 3 aliphatic heterocycles. The minimum atomic E-state index is -1.38. The van der Waals surface area contributed by atoms with Gasteiger partial charge in [-0.25, -0.2) is 9.37 Å². The van der Waals surface area contributed by atoms with E-state index in [1.165, 1.54) is 12.3 Å². The third kappa shape index (κ3) is 4.49. The second-order valence-corrected chi connectivity index (χ2v) is 13.6. The summed E-state index contributed by atoms with van der Waals surface area (Å²) in [5.41, 5.74) is 4.49. The quantitative estimate of drug-likeness (QED) is 0.384. The summed E-state index contributed by atoms with van der Waals surface area (Å²) in [5.74, 6) is -3.02. The number of carbonyl (C=O) groups excluding carboxylic acids is 3. The molecule has 0 bridgehead atoms. The third-order valence-corrected chi connectivity index (χ3v) is 10.4. The first-order valence-corrected chi connectivity index (χ1v) is 15.0. The smallest absolute Gasteiger partial charge is 0.246 e. The number of pyridine rings is 1. The predicted octanol–water partition coefficient (Wildman–Crippen LogP) is 3.96. The number of carbonyl (C=O) groups is 3. The highest BCUT2D eigenvalue weighted by Gasteiger charge is 2.73. The Hall–Kier alpha value is -2.79. The van der Waals surface area contributed by atoms with Gasteiger partial charge >= 0.3 is 0 Å². The summed E-state index contributed by atoms with van der Waals surface area (Å²) < 4.78 is 21.6. The average Bonchev–Trinajstić information content (AvgIpc) is 3.41. The maximum absolute atomic E-state index is 16.0. The number of hydrogen-bond donors (Lipinski definition) is 4. The molecule has 0 radical (unpaired) electrons. The summed E-state index contributed by atoms with van der Waals surface area (Å²) in [6.45, 7) is 4.48. The number of rotatable bonds is 4. The van der Waals surface area contributed by atoms with Crippen LogP contribution >= 0.6 is 23.2 Å². The lowest BCUT2D eigenvalue weighted by atomic mass is 9.53. The minimum Gasteiger partial charge on any atom is -0.367 e. The zero-order chi connectivity index (χ0) is 30.0. The van der Waals surface area contributed by atoms with Crippen molar-refractivity contribution in [3.63, 3.8) is 0 Å². The van der Waals surface area contributed by atoms with E-state index in [1.54, 1.807) is 18.2 Å². The molecule has 4 heterocycles. The third-order valence-electron chi connectivity index (χ3n) is 9.89. The largest absolute Gasteiger partial charge is 0.367 e. The molecule has 2 saturated heterocycles. The Morgan fingerprint density at radius 3 is 2.55 bits per heavy atom. The molecule has 0 unspecified atom stereocenters. The van der Waals surface area contributed by atoms with Gasteiger partial charge in [-0.05, 0) is 79.3 Å². The van der Waals surface area contributed by atoms with Gasteiger partial charge in [0.15, 0.2) is 11.0 Å². The van der Waals surface area contributed by atoms with Crippen LogP contribution in [0.1, 0.15) is 69.4 Å². The molecule has 6 rings (SSSR count). The van der Waals surface area contributed by atoms with Crippen LogP contribution in [0, 0.1) is 11.2 Å². The highest BCUT2D eigenvalue weighted by molar-refractivity contribution is 6.31. The van der Waals surface area contributed by atoms with E-state index in [9.17, 15) is 14.4 Å². The van der Waals surface area contributed by atoms with E-state index in [-0.39, 0.29) is 28.6 Å². The number of nitrogens with two attached hydrogens (primary N) is 1. The van der Waals surface area contributed by atoms with Crippen molar-refractivity contribution in [1.82, 2.24) is 15.6 Å². The Morgan fingerprint density at radius 1 is 1.14 bits per heavy atom. The van der Waals surface area contributed by atoms with E-state index in [0.29, 0.717) is 42.0 Å². The summed E-state index contributed by atoms with van der Waals surface area (Å²) in [7, 11) is 0. The normalized spacial score (nSPS) is 31.1. The topological polar surface area (TPSA) is 135 Å². The van der Waals surface area contributed by atoms with E-state index in [0.717, 1.165) is 12.8 Å². The Morgan fingerprint density at radius 2 is 1.88 bits per heavy atom. The average molecular weight is 619 g/mol. The van der Waals surface area contributed by atoms with Crippen molar-refractivity contribution in [3.8, 4) is 0 Å². The van der Waals surface area contributed by atoms with Crippen molar-refractivity contribution in [1.29, 1.82) is 0 Å². The van der Waals surface area contributed by atoms with Crippen molar-refractivity contribution >= 4 is 46.6 Å². The number of nitrogens with one attached hydrogen (secondary N) is 3. The lowest BCUT2D eigenvalue weighted by molar-refractivity contribution is -0.134. The number of amides is 3. The zero-order valence-electron chi connectivity index (χ0n) is 23.4. The second-order valence-electron chi connectivity index (χ2n) is 12.8. The summed E-state index contributed by atoms with van der Waals surface area (Å²) in [5, 5.41) is 9.79. The minimum absolute atomic E-state index is 0.0256. The highest BCUT2D eigenvalue weighted by Crippen LogP contribution is 2.64. The first-order valence-electron chi connectivity index (χ1n) is 14.3. The van der Waals surface area contributed by atoms with Gasteiger partial charge < -0.3 is 21.1 Å². The fourth-order valence-corrected chi connectivity index (χ4v) is 8.03. The van der Waals surface area contributed by atoms with E-state index in [2.05, 4.69) is 34.8 Å². The monoisotopic (exact) mass is 617 g/mol. The van der Waals surface area contributed by atoms with Crippen molar-refractivity contribution in [2.45, 2.75) is 87.4 Å². The summed E-state index contributed by atoms with van der Waals surface area (Å²) in [6.07, 6.45) is 4.27. The molecule has 1 aromatic carbocycles. The summed E-state index contributed by atoms with van der Waals surface area (Å²) in [4.78, 5) is 44.2. The highest BCUT2D eigenvalue weighted by atomic mass is 35.5. The van der Waals surface area contributed by atoms with Crippen LogP contribution in [0.5, 0.6) is 0 Å². The van der Waals surface area contributed by atoms with E-state index >= 15 is 4.39 Å². The molecule has 224 valence electrons. The number of nitrogens with zero attached hydrogens (tertiary/aromatic N) is 1. The van der Waals surface area contributed by atoms with Gasteiger partial charge in [-0.2, -0.15) is 0 Å². The van der Waals surface area contributed by atoms with Crippen molar-refractivity contribution in [2.75, 3.05) is 11.9 Å². The van der Waals surface area contributed by atoms with Crippen LogP contribution in [0.25, 0.3) is 0 Å². The number of primary amides is 1. The number of benzene rings is 1. The number of anilines is 1. The van der Waals surface area contributed by atoms with Gasteiger partial charge in [-0.15, -0.1) is 0 Å². The first-order chi connectivity index (χ1) is 19.9. The Bertz CT molecular complexity index is 1450. The van der Waals surface area contributed by atoms with Crippen LogP contribution in [0.2, 0.25) is 10.2 Å². The molecule has 12 heteroatoms. The second kappa shape index (κ2) is 10.4. The predicted molar refractivity (Wildman–Crippen MR) is 156 cm³/mol. The summed E-state index contributed by atoms with van der Waals surface area (Å²) >= 11 is 12.7. The Balaban J connectivity index is 1.50. The van der Waals surface area contributed by atoms with E-state index in [1.807, 2.05) is 0 Å². The molecule has 9 nitrogen and oxygen atoms in total. The number of ether oxygens (including phenoxy) is 1. The van der Waals surface area contributed by atoms with Gasteiger partial charge in [0.1, 0.15) is 11.5 Å². The molecule has 4 aliphatic rings. The molecule has 5 atom stereocenters. The molecule has 2 spiro atoms. The van der Waals surface area contributed by atoms with Gasteiger partial charge in [0, 0.05) is 28.4 Å². The number of halogens is 3. The van der Waals surface area contributed by atoms with Crippen molar-refractivity contribution < 1.29 is 23.5 Å². The maximum atomic E-state index is 16.0. The van der Waals surface area contributed by atoms with E-state index in [4.69, 9.17) is 33.7 Å². The fraction of sp³-hybridized carbons (Fsp3) is 0.533. The van der Waals surface area contributed by atoms with Crippen molar-refractivity contribution in [3.05, 3.63) is 57.6 Å². The SMILES string of the molecule is CC1(C)CCC2(CC1)N[C@@H](C(=O)N[C@@H]1CC[C@@H](C(N)=O)OC1)[C@H](c1ccnc(Cl)c1F)[C@]21C(=O)Nc2ccc(Cl)cc21. The van der Waals surface area contributed by atoms with Gasteiger partial charge in [0.05, 0.1) is 18.7 Å². The standard InChI is InChI=1S/C30H34Cl2FN5O4/c1-28(2)8-10-29(11-9-28)30(18-13-15(31)3-5-19(18)37-27(30)41)21(17-7-12-35-24(32)22(17)33)23(38-29)26(40)36-16-4-6-20(25(34)39)42-14-16/h3,5,7,12-13,16,20-21,23,38H,4,6,8-11,14H2,1-2H3,(H2,34,39)(H,36,40)(H,37,41)/t16-,20+,21+,23-,30-/m1/s1. The Kier molecular flexibility index (Phi) is 7.28.